The van der Waals surface area contributed by atoms with Crippen LogP contribution in [0.25, 0.3) is 0 Å². The first-order valence-electron chi connectivity index (χ1n) is 4.49. The first-order chi connectivity index (χ1) is 6.77. The lowest BCUT2D eigenvalue weighted by atomic mass is 10.1. The van der Waals surface area contributed by atoms with E-state index in [-0.39, 0.29) is 12.2 Å². The van der Waals surface area contributed by atoms with E-state index in [0.29, 0.717) is 5.75 Å². The Balaban J connectivity index is 4.72. The molecule has 6 heteroatoms. The number of hydrogen-bond donors (Lipinski definition) is 0. The lowest BCUT2D eigenvalue weighted by molar-refractivity contribution is -0.265. The number of allylic oxidation sites excluding steroid dienone is 1. The SMILES string of the molecule is CCSC/C=C(\CC)C(F)(F)C(F)(F)F. The van der Waals surface area contributed by atoms with Gasteiger partial charge in [0.2, 0.25) is 0 Å². The normalized spacial score (nSPS) is 14.5. The van der Waals surface area contributed by atoms with Gasteiger partial charge in [0.05, 0.1) is 0 Å². The van der Waals surface area contributed by atoms with Crippen LogP contribution in [0.3, 0.4) is 0 Å². The first-order valence-corrected chi connectivity index (χ1v) is 5.64. The van der Waals surface area contributed by atoms with E-state index in [1.807, 2.05) is 6.92 Å². The van der Waals surface area contributed by atoms with Gasteiger partial charge in [0, 0.05) is 11.3 Å². The molecule has 0 atom stereocenters. The maximum absolute atomic E-state index is 12.8. The number of halogens is 5. The topological polar surface area (TPSA) is 0 Å². The quantitative estimate of drug-likeness (QED) is 0.397. The third kappa shape index (κ3) is 4.01. The van der Waals surface area contributed by atoms with Gasteiger partial charge in [-0.1, -0.05) is 19.9 Å². The van der Waals surface area contributed by atoms with E-state index in [9.17, 15) is 22.0 Å². The summed E-state index contributed by atoms with van der Waals surface area (Å²) in [5.74, 6) is -3.83. The molecule has 15 heavy (non-hydrogen) atoms. The first kappa shape index (κ1) is 14.7. The maximum Gasteiger partial charge on any atom is 0.457 e. The van der Waals surface area contributed by atoms with Crippen LogP contribution < -0.4 is 0 Å². The molecule has 90 valence electrons. The van der Waals surface area contributed by atoms with Gasteiger partial charge in [-0.2, -0.15) is 33.7 Å². The molecule has 0 aromatic heterocycles. The van der Waals surface area contributed by atoms with Crippen molar-refractivity contribution < 1.29 is 22.0 Å². The molecule has 0 rings (SSSR count). The van der Waals surface area contributed by atoms with Crippen molar-refractivity contribution in [3.8, 4) is 0 Å². The molecule has 0 aliphatic heterocycles. The predicted octanol–water partition coefficient (Wildman–Crippen LogP) is 4.27. The third-order valence-electron chi connectivity index (χ3n) is 1.79. The fourth-order valence-electron chi connectivity index (χ4n) is 0.954. The Hall–Kier alpha value is -0.260. The molecule has 0 saturated carbocycles. The van der Waals surface area contributed by atoms with E-state index in [1.54, 1.807) is 0 Å². The van der Waals surface area contributed by atoms with E-state index >= 15 is 0 Å². The number of alkyl halides is 5. The highest BCUT2D eigenvalue weighted by Gasteiger charge is 2.59. The zero-order valence-corrected chi connectivity index (χ0v) is 9.31. The Morgan fingerprint density at radius 1 is 1.13 bits per heavy atom. The minimum Gasteiger partial charge on any atom is -0.191 e. The standard InChI is InChI=1S/C9H13F5S/c1-3-7(5-6-15-4-2)8(10,11)9(12,13)14/h5H,3-4,6H2,1-2H3/b7-5+. The van der Waals surface area contributed by atoms with Crippen LogP contribution in [0.1, 0.15) is 20.3 Å². The van der Waals surface area contributed by atoms with Crippen molar-refractivity contribution in [2.75, 3.05) is 11.5 Å². The summed E-state index contributed by atoms with van der Waals surface area (Å²) in [7, 11) is 0. The molecule has 0 aromatic carbocycles. The zero-order valence-electron chi connectivity index (χ0n) is 8.50. The smallest absolute Gasteiger partial charge is 0.191 e. The van der Waals surface area contributed by atoms with Gasteiger partial charge in [-0.05, 0) is 12.2 Å². The van der Waals surface area contributed by atoms with Gasteiger partial charge >= 0.3 is 12.1 Å². The van der Waals surface area contributed by atoms with Crippen LogP contribution >= 0.6 is 11.8 Å². The number of thioether (sulfide) groups is 1. The molecule has 0 aromatic rings. The molecule has 0 fully saturated rings. The average molecular weight is 248 g/mol. The van der Waals surface area contributed by atoms with E-state index in [1.165, 1.54) is 18.7 Å². The third-order valence-corrected chi connectivity index (χ3v) is 2.60. The van der Waals surface area contributed by atoms with Gasteiger partial charge in [-0.3, -0.25) is 0 Å². The zero-order chi connectivity index (χ0) is 12.1. The highest BCUT2D eigenvalue weighted by atomic mass is 32.2. The molecule has 0 amide bonds. The van der Waals surface area contributed by atoms with Crippen LogP contribution in [0.5, 0.6) is 0 Å². The van der Waals surface area contributed by atoms with Crippen LogP contribution in [0, 0.1) is 0 Å². The Kier molecular flexibility index (Phi) is 5.62. The summed E-state index contributed by atoms with van der Waals surface area (Å²) >= 11 is 1.30. The lowest BCUT2D eigenvalue weighted by Gasteiger charge is -2.21. The van der Waals surface area contributed by atoms with Gasteiger partial charge in [-0.25, -0.2) is 0 Å². The van der Waals surface area contributed by atoms with Crippen LogP contribution in [0.4, 0.5) is 22.0 Å². The molecular formula is C9H13F5S. The Morgan fingerprint density at radius 2 is 1.67 bits per heavy atom. The molecule has 0 saturated heterocycles. The lowest BCUT2D eigenvalue weighted by Crippen LogP contribution is -2.38. The maximum atomic E-state index is 12.8. The van der Waals surface area contributed by atoms with Gasteiger partial charge in [0.1, 0.15) is 0 Å². The van der Waals surface area contributed by atoms with Gasteiger partial charge in [0.15, 0.2) is 0 Å². The van der Waals surface area contributed by atoms with Crippen LogP contribution in [0.2, 0.25) is 0 Å². The molecule has 0 heterocycles. The average Bonchev–Trinajstić information content (AvgIpc) is 2.10. The summed E-state index contributed by atoms with van der Waals surface area (Å²) < 4.78 is 61.6. The molecule has 0 radical (unpaired) electrons. The second kappa shape index (κ2) is 5.72. The molecule has 0 aliphatic rings. The van der Waals surface area contributed by atoms with Crippen molar-refractivity contribution in [3.05, 3.63) is 11.6 Å². The minimum atomic E-state index is -5.49. The highest BCUT2D eigenvalue weighted by molar-refractivity contribution is 7.99. The Morgan fingerprint density at radius 3 is 2.00 bits per heavy atom. The van der Waals surface area contributed by atoms with Gasteiger partial charge < -0.3 is 0 Å². The summed E-state index contributed by atoms with van der Waals surface area (Å²) in [6.07, 6.45) is -4.82. The van der Waals surface area contributed by atoms with Crippen molar-refractivity contribution >= 4 is 11.8 Å². The van der Waals surface area contributed by atoms with Crippen molar-refractivity contribution in [1.82, 2.24) is 0 Å². The summed E-state index contributed by atoms with van der Waals surface area (Å²) in [5.41, 5.74) is -0.851. The fraction of sp³-hybridized carbons (Fsp3) is 0.778. The van der Waals surface area contributed by atoms with Crippen LogP contribution in [-0.4, -0.2) is 23.6 Å². The summed E-state index contributed by atoms with van der Waals surface area (Å²) in [4.78, 5) is 0. The van der Waals surface area contributed by atoms with Gasteiger partial charge in [0.25, 0.3) is 0 Å². The van der Waals surface area contributed by atoms with Gasteiger partial charge in [-0.15, -0.1) is 0 Å². The van der Waals surface area contributed by atoms with E-state index in [2.05, 4.69) is 0 Å². The largest absolute Gasteiger partial charge is 0.457 e. The summed E-state index contributed by atoms with van der Waals surface area (Å²) in [5, 5.41) is 0. The number of hydrogen-bond acceptors (Lipinski definition) is 1. The monoisotopic (exact) mass is 248 g/mol. The minimum absolute atomic E-state index is 0.186. The molecule has 0 aliphatic carbocycles. The van der Waals surface area contributed by atoms with E-state index in [4.69, 9.17) is 0 Å². The van der Waals surface area contributed by atoms with E-state index in [0.717, 1.165) is 6.08 Å². The molecule has 0 unspecified atom stereocenters. The van der Waals surface area contributed by atoms with Crippen molar-refractivity contribution in [1.29, 1.82) is 0 Å². The Bertz CT molecular complexity index is 219. The van der Waals surface area contributed by atoms with Crippen LogP contribution in [0.15, 0.2) is 11.6 Å². The van der Waals surface area contributed by atoms with Crippen LogP contribution in [-0.2, 0) is 0 Å². The molecule has 0 bridgehead atoms. The number of rotatable bonds is 5. The van der Waals surface area contributed by atoms with Crippen molar-refractivity contribution in [2.45, 2.75) is 32.4 Å². The Labute approximate surface area is 89.9 Å². The second-order valence-corrected chi connectivity index (χ2v) is 4.13. The fourth-order valence-corrected chi connectivity index (χ4v) is 1.51. The molecule has 0 nitrogen and oxygen atoms in total. The predicted molar refractivity (Wildman–Crippen MR) is 52.4 cm³/mol. The second-order valence-electron chi connectivity index (χ2n) is 2.81. The summed E-state index contributed by atoms with van der Waals surface area (Å²) in [6.45, 7) is 3.11. The van der Waals surface area contributed by atoms with E-state index < -0.39 is 17.7 Å². The molecule has 0 N–H and O–H groups in total. The molecular weight excluding hydrogens is 235 g/mol. The highest BCUT2D eigenvalue weighted by Crippen LogP contribution is 2.42. The van der Waals surface area contributed by atoms with Crippen molar-refractivity contribution in [3.63, 3.8) is 0 Å². The summed E-state index contributed by atoms with van der Waals surface area (Å²) in [6, 6.07) is 0. The molecule has 0 spiro atoms. The van der Waals surface area contributed by atoms with Crippen molar-refractivity contribution in [2.24, 2.45) is 0 Å².